The van der Waals surface area contributed by atoms with Gasteiger partial charge in [-0.1, -0.05) is 23.5 Å². The minimum absolute atomic E-state index is 0.0488. The number of nitrogens with zero attached hydrogens (tertiary/aromatic N) is 4. The predicted molar refractivity (Wildman–Crippen MR) is 80.1 cm³/mol. The van der Waals surface area contributed by atoms with Crippen LogP contribution in [0.1, 0.15) is 17.0 Å². The second kappa shape index (κ2) is 6.61. The van der Waals surface area contributed by atoms with Gasteiger partial charge in [-0.05, 0) is 24.1 Å². The Bertz CT molecular complexity index is 756. The summed E-state index contributed by atoms with van der Waals surface area (Å²) in [6.07, 6.45) is 3.07. The van der Waals surface area contributed by atoms with Crippen molar-refractivity contribution in [2.24, 2.45) is 0 Å². The Balaban J connectivity index is 1.41. The van der Waals surface area contributed by atoms with Crippen molar-refractivity contribution in [3.63, 3.8) is 0 Å². The number of amides is 1. The third-order valence-corrected chi connectivity index (χ3v) is 4.09. The number of rotatable bonds is 6. The molecule has 2 heterocycles. The van der Waals surface area contributed by atoms with Gasteiger partial charge in [-0.3, -0.25) is 4.79 Å². The molecule has 22 heavy (non-hydrogen) atoms. The number of aryl methyl sites for hydroxylation is 1. The maximum absolute atomic E-state index is 13.0. The van der Waals surface area contributed by atoms with E-state index in [0.29, 0.717) is 25.8 Å². The van der Waals surface area contributed by atoms with Crippen LogP contribution >= 0.6 is 11.3 Å². The van der Waals surface area contributed by atoms with Gasteiger partial charge in [-0.15, -0.1) is 10.2 Å². The molecule has 0 fully saturated rings. The van der Waals surface area contributed by atoms with E-state index in [1.54, 1.807) is 16.9 Å². The van der Waals surface area contributed by atoms with Crippen molar-refractivity contribution in [3.05, 3.63) is 47.0 Å². The number of nitrogens with one attached hydrogen (secondary N) is 1. The normalized spacial score (nSPS) is 11.0. The summed E-state index contributed by atoms with van der Waals surface area (Å²) in [6.45, 7) is 0.520. The quantitative estimate of drug-likeness (QED) is 0.749. The molecule has 0 bridgehead atoms. The number of aromatic nitrogens is 4. The van der Waals surface area contributed by atoms with Crippen molar-refractivity contribution in [1.82, 2.24) is 25.1 Å². The molecule has 1 N–H and O–H groups in total. The molecular weight excluding hydrogens is 305 g/mol. The smallest absolute Gasteiger partial charge is 0.234 e. The fourth-order valence-corrected chi connectivity index (χ4v) is 2.86. The van der Waals surface area contributed by atoms with Crippen molar-refractivity contribution in [3.8, 4) is 0 Å². The third-order valence-electron chi connectivity index (χ3n) is 3.12. The standard InChI is InChI=1S/C14H14FN5OS/c15-11-3-1-2-10(8-11)4-5-12(21)16-7-6-13-19-20-9-17-18-14(20)22-13/h1-3,8-9H,4-7H2,(H,16,21). The molecule has 0 spiro atoms. The molecule has 0 radical (unpaired) electrons. The van der Waals surface area contributed by atoms with Gasteiger partial charge >= 0.3 is 0 Å². The SMILES string of the molecule is O=C(CCc1cccc(F)c1)NCCc1nn2cnnc2s1. The highest BCUT2D eigenvalue weighted by Crippen LogP contribution is 2.11. The van der Waals surface area contributed by atoms with E-state index in [2.05, 4.69) is 20.6 Å². The minimum Gasteiger partial charge on any atom is -0.356 e. The van der Waals surface area contributed by atoms with Crippen LogP contribution in [0.4, 0.5) is 4.39 Å². The largest absolute Gasteiger partial charge is 0.356 e. The Hall–Kier alpha value is -2.35. The summed E-state index contributed by atoms with van der Waals surface area (Å²) in [6, 6.07) is 6.31. The summed E-state index contributed by atoms with van der Waals surface area (Å²) in [7, 11) is 0. The molecule has 0 atom stereocenters. The van der Waals surface area contributed by atoms with Crippen LogP contribution in [-0.2, 0) is 17.6 Å². The Labute approximate surface area is 130 Å². The monoisotopic (exact) mass is 319 g/mol. The molecule has 1 amide bonds. The number of carbonyl (C=O) groups is 1. The lowest BCUT2D eigenvalue weighted by Crippen LogP contribution is -2.25. The maximum atomic E-state index is 13.0. The van der Waals surface area contributed by atoms with Crippen molar-refractivity contribution < 1.29 is 9.18 Å². The molecule has 0 aliphatic heterocycles. The third kappa shape index (κ3) is 3.64. The molecule has 8 heteroatoms. The summed E-state index contributed by atoms with van der Waals surface area (Å²) in [5.41, 5.74) is 0.823. The fourth-order valence-electron chi connectivity index (χ4n) is 2.05. The van der Waals surface area contributed by atoms with E-state index in [9.17, 15) is 9.18 Å². The topological polar surface area (TPSA) is 72.2 Å². The summed E-state index contributed by atoms with van der Waals surface area (Å²) < 4.78 is 14.6. The van der Waals surface area contributed by atoms with E-state index in [1.165, 1.54) is 23.5 Å². The molecular formula is C14H14FN5OS. The molecule has 0 aliphatic carbocycles. The van der Waals surface area contributed by atoms with Crippen LogP contribution in [0.5, 0.6) is 0 Å². The van der Waals surface area contributed by atoms with Gasteiger partial charge in [-0.2, -0.15) is 9.61 Å². The molecule has 1 aromatic carbocycles. The van der Waals surface area contributed by atoms with Crippen LogP contribution in [0.15, 0.2) is 30.6 Å². The van der Waals surface area contributed by atoms with Crippen LogP contribution < -0.4 is 5.32 Å². The molecule has 3 aromatic rings. The lowest BCUT2D eigenvalue weighted by Gasteiger charge is -2.04. The molecule has 3 rings (SSSR count). The Morgan fingerprint density at radius 1 is 1.36 bits per heavy atom. The minimum atomic E-state index is -0.277. The first-order valence-corrected chi connectivity index (χ1v) is 7.69. The van der Waals surface area contributed by atoms with Gasteiger partial charge in [0.1, 0.15) is 17.2 Å². The maximum Gasteiger partial charge on any atom is 0.234 e. The summed E-state index contributed by atoms with van der Waals surface area (Å²) in [5, 5.41) is 15.7. The van der Waals surface area contributed by atoms with E-state index >= 15 is 0 Å². The zero-order valence-electron chi connectivity index (χ0n) is 11.7. The predicted octanol–water partition coefficient (Wildman–Crippen LogP) is 1.62. The highest BCUT2D eigenvalue weighted by molar-refractivity contribution is 7.16. The first-order valence-electron chi connectivity index (χ1n) is 6.87. The summed E-state index contributed by atoms with van der Waals surface area (Å²) in [5.74, 6) is -0.326. The van der Waals surface area contributed by atoms with Crippen LogP contribution in [0.3, 0.4) is 0 Å². The first kappa shape index (κ1) is 14.6. The zero-order valence-corrected chi connectivity index (χ0v) is 12.5. The second-order valence-electron chi connectivity index (χ2n) is 4.78. The van der Waals surface area contributed by atoms with Crippen molar-refractivity contribution in [2.45, 2.75) is 19.3 Å². The molecule has 2 aromatic heterocycles. The Morgan fingerprint density at radius 2 is 2.27 bits per heavy atom. The van der Waals surface area contributed by atoms with Crippen molar-refractivity contribution in [1.29, 1.82) is 0 Å². The molecule has 0 saturated carbocycles. The van der Waals surface area contributed by atoms with E-state index in [0.717, 1.165) is 15.5 Å². The lowest BCUT2D eigenvalue weighted by molar-refractivity contribution is -0.121. The summed E-state index contributed by atoms with van der Waals surface area (Å²) in [4.78, 5) is 12.5. The van der Waals surface area contributed by atoms with E-state index < -0.39 is 0 Å². The first-order chi connectivity index (χ1) is 10.7. The number of benzene rings is 1. The molecule has 114 valence electrons. The Morgan fingerprint density at radius 3 is 3.09 bits per heavy atom. The van der Waals surface area contributed by atoms with E-state index in [4.69, 9.17) is 0 Å². The molecule has 0 aliphatic rings. The van der Waals surface area contributed by atoms with Gasteiger partial charge in [0, 0.05) is 19.4 Å². The van der Waals surface area contributed by atoms with Crippen molar-refractivity contribution in [2.75, 3.05) is 6.54 Å². The van der Waals surface area contributed by atoms with Gasteiger partial charge in [0.15, 0.2) is 0 Å². The highest BCUT2D eigenvalue weighted by Gasteiger charge is 2.06. The number of hydrogen-bond acceptors (Lipinski definition) is 5. The lowest BCUT2D eigenvalue weighted by atomic mass is 10.1. The van der Waals surface area contributed by atoms with Crippen molar-refractivity contribution >= 4 is 22.2 Å². The highest BCUT2D eigenvalue weighted by atomic mass is 32.1. The molecule has 0 saturated heterocycles. The Kier molecular flexibility index (Phi) is 4.38. The second-order valence-corrected chi connectivity index (χ2v) is 5.82. The zero-order chi connectivity index (χ0) is 15.4. The fraction of sp³-hybridized carbons (Fsp3) is 0.286. The average Bonchev–Trinajstić information content (AvgIpc) is 3.06. The van der Waals surface area contributed by atoms with E-state index in [1.807, 2.05) is 6.07 Å². The number of hydrogen-bond donors (Lipinski definition) is 1. The van der Waals surface area contributed by atoms with Crippen LogP contribution in [0.25, 0.3) is 4.96 Å². The molecule has 0 unspecified atom stereocenters. The van der Waals surface area contributed by atoms with Gasteiger partial charge < -0.3 is 5.32 Å². The summed E-state index contributed by atoms with van der Waals surface area (Å²) >= 11 is 1.45. The van der Waals surface area contributed by atoms with Crippen LogP contribution in [0, 0.1) is 5.82 Å². The van der Waals surface area contributed by atoms with Gasteiger partial charge in [-0.25, -0.2) is 4.39 Å². The van der Waals surface area contributed by atoms with Gasteiger partial charge in [0.2, 0.25) is 10.9 Å². The number of fused-ring (bicyclic) bond motifs is 1. The number of halogens is 1. The van der Waals surface area contributed by atoms with Gasteiger partial charge in [0.05, 0.1) is 0 Å². The van der Waals surface area contributed by atoms with Gasteiger partial charge in [0.25, 0.3) is 0 Å². The van der Waals surface area contributed by atoms with Crippen LogP contribution in [0.2, 0.25) is 0 Å². The van der Waals surface area contributed by atoms with Crippen LogP contribution in [-0.4, -0.2) is 32.3 Å². The van der Waals surface area contributed by atoms with E-state index in [-0.39, 0.29) is 11.7 Å². The molecule has 6 nitrogen and oxygen atoms in total. The average molecular weight is 319 g/mol. The number of carbonyl (C=O) groups excluding carboxylic acids is 1.